The largest absolute Gasteiger partial charge is 0.465 e. The van der Waals surface area contributed by atoms with Crippen molar-refractivity contribution in [2.75, 3.05) is 20.1 Å². The number of nitrogens with zero attached hydrogens (tertiary/aromatic N) is 2. The summed E-state index contributed by atoms with van der Waals surface area (Å²) >= 11 is 12.0. The van der Waals surface area contributed by atoms with Crippen molar-refractivity contribution in [3.63, 3.8) is 0 Å². The fourth-order valence-electron chi connectivity index (χ4n) is 4.25. The maximum absolute atomic E-state index is 13.3. The monoisotopic (exact) mass is 556 g/mol. The molecular formula is C23H20Cl2F6N2O3. The SMILES string of the molecule is CN(Cc1cc(C(F)(F)F)cc(C(F)(F)F)c1)C(=O)C1CCN(C(=O)O)CC1c1ccc(Cl)c(Cl)c1. The molecule has 0 aromatic heterocycles. The van der Waals surface area contributed by atoms with E-state index in [2.05, 4.69) is 0 Å². The summed E-state index contributed by atoms with van der Waals surface area (Å²) in [5.41, 5.74) is -2.77. The first kappa shape index (κ1) is 27.9. The van der Waals surface area contributed by atoms with Gasteiger partial charge in [-0.15, -0.1) is 0 Å². The highest BCUT2D eigenvalue weighted by Gasteiger charge is 2.39. The highest BCUT2D eigenvalue weighted by Crippen LogP contribution is 2.38. The lowest BCUT2D eigenvalue weighted by Crippen LogP contribution is -2.47. The van der Waals surface area contributed by atoms with Crippen molar-refractivity contribution in [1.29, 1.82) is 0 Å². The van der Waals surface area contributed by atoms with Gasteiger partial charge >= 0.3 is 18.4 Å². The zero-order valence-corrected chi connectivity index (χ0v) is 20.1. The Morgan fingerprint density at radius 3 is 2.08 bits per heavy atom. The number of benzene rings is 2. The van der Waals surface area contributed by atoms with Crippen LogP contribution in [0.5, 0.6) is 0 Å². The van der Waals surface area contributed by atoms with Crippen LogP contribution in [-0.2, 0) is 23.7 Å². The van der Waals surface area contributed by atoms with Crippen LogP contribution in [0.4, 0.5) is 31.1 Å². The molecule has 0 spiro atoms. The Bertz CT molecular complexity index is 1120. The van der Waals surface area contributed by atoms with Crippen LogP contribution in [0.15, 0.2) is 36.4 Å². The standard InChI is InChI=1S/C23H20Cl2F6N2O3/c1-32(10-12-6-14(22(26,27)28)9-15(7-12)23(29,30)31)20(34)16-4-5-33(21(35)36)11-17(16)13-2-3-18(24)19(25)8-13/h2-3,6-9,16-17H,4-5,10-11H2,1H3,(H,35,36). The summed E-state index contributed by atoms with van der Waals surface area (Å²) in [7, 11) is 1.27. The van der Waals surface area contributed by atoms with Gasteiger partial charge < -0.3 is 14.9 Å². The summed E-state index contributed by atoms with van der Waals surface area (Å²) in [5, 5.41) is 9.85. The lowest BCUT2D eigenvalue weighted by atomic mass is 9.80. The van der Waals surface area contributed by atoms with E-state index in [-0.39, 0.29) is 41.2 Å². The number of carbonyl (C=O) groups excluding carboxylic acids is 1. The Balaban J connectivity index is 1.91. The van der Waals surface area contributed by atoms with E-state index in [0.717, 1.165) is 9.80 Å². The topological polar surface area (TPSA) is 60.9 Å². The minimum absolute atomic E-state index is 0.0211. The minimum atomic E-state index is -5.01. The van der Waals surface area contributed by atoms with Crippen LogP contribution >= 0.6 is 23.2 Å². The van der Waals surface area contributed by atoms with Gasteiger partial charge in [-0.05, 0) is 47.9 Å². The summed E-state index contributed by atoms with van der Waals surface area (Å²) in [6, 6.07) is 5.75. The van der Waals surface area contributed by atoms with E-state index in [0.29, 0.717) is 17.7 Å². The average molecular weight is 557 g/mol. The van der Waals surface area contributed by atoms with Crippen LogP contribution in [0.25, 0.3) is 0 Å². The number of amides is 2. The molecule has 3 rings (SSSR count). The van der Waals surface area contributed by atoms with Gasteiger partial charge in [-0.2, -0.15) is 26.3 Å². The first-order valence-electron chi connectivity index (χ1n) is 10.5. The summed E-state index contributed by atoms with van der Waals surface area (Å²) in [6.07, 6.45) is -11.1. The second-order valence-corrected chi connectivity index (χ2v) is 9.33. The summed E-state index contributed by atoms with van der Waals surface area (Å²) in [4.78, 5) is 27.0. The molecule has 2 aromatic carbocycles. The van der Waals surface area contributed by atoms with Crippen LogP contribution < -0.4 is 0 Å². The predicted octanol–water partition coefficient (Wildman–Crippen LogP) is 6.77. The minimum Gasteiger partial charge on any atom is -0.465 e. The fourth-order valence-corrected chi connectivity index (χ4v) is 4.55. The van der Waals surface area contributed by atoms with Crippen molar-refractivity contribution in [1.82, 2.24) is 9.80 Å². The second-order valence-electron chi connectivity index (χ2n) is 8.51. The number of rotatable bonds is 4. The maximum atomic E-state index is 13.3. The van der Waals surface area contributed by atoms with Gasteiger partial charge in [-0.25, -0.2) is 4.79 Å². The lowest BCUT2D eigenvalue weighted by molar-refractivity contribution is -0.143. The fraction of sp³-hybridized carbons (Fsp3) is 0.391. The third-order valence-electron chi connectivity index (χ3n) is 6.02. The van der Waals surface area contributed by atoms with Crippen molar-refractivity contribution in [2.45, 2.75) is 31.2 Å². The number of likely N-dealkylation sites (tertiary alicyclic amines) is 1. The lowest BCUT2D eigenvalue weighted by Gasteiger charge is -2.38. The van der Waals surface area contributed by atoms with Crippen molar-refractivity contribution in [3.8, 4) is 0 Å². The normalized spacial score (nSPS) is 18.8. The quantitative estimate of drug-likeness (QED) is 0.422. The van der Waals surface area contributed by atoms with Crippen LogP contribution in [-0.4, -0.2) is 47.0 Å². The zero-order chi connectivity index (χ0) is 27.0. The van der Waals surface area contributed by atoms with E-state index in [9.17, 15) is 41.0 Å². The van der Waals surface area contributed by atoms with Gasteiger partial charge in [0.25, 0.3) is 0 Å². The predicted molar refractivity (Wildman–Crippen MR) is 120 cm³/mol. The smallest absolute Gasteiger partial charge is 0.416 e. The average Bonchev–Trinajstić information content (AvgIpc) is 2.78. The molecule has 13 heteroatoms. The van der Waals surface area contributed by atoms with Gasteiger partial charge in [-0.1, -0.05) is 29.3 Å². The van der Waals surface area contributed by atoms with Gasteiger partial charge in [0.2, 0.25) is 5.91 Å². The molecule has 1 fully saturated rings. The molecule has 0 aliphatic carbocycles. The Morgan fingerprint density at radius 2 is 1.58 bits per heavy atom. The second kappa shape index (κ2) is 10.4. The van der Waals surface area contributed by atoms with Crippen LogP contribution in [0, 0.1) is 5.92 Å². The van der Waals surface area contributed by atoms with E-state index < -0.39 is 53.9 Å². The molecule has 0 radical (unpaired) electrons. The molecule has 1 N–H and O–H groups in total. The Kier molecular flexibility index (Phi) is 8.04. The Morgan fingerprint density at radius 1 is 1.00 bits per heavy atom. The van der Waals surface area contributed by atoms with Crippen molar-refractivity contribution >= 4 is 35.2 Å². The molecule has 1 heterocycles. The van der Waals surface area contributed by atoms with Crippen molar-refractivity contribution < 1.29 is 41.0 Å². The third kappa shape index (κ3) is 6.36. The van der Waals surface area contributed by atoms with E-state index in [1.165, 1.54) is 19.2 Å². The van der Waals surface area contributed by atoms with Gasteiger partial charge in [0.15, 0.2) is 0 Å². The van der Waals surface area contributed by atoms with E-state index in [1.54, 1.807) is 6.07 Å². The molecule has 2 amide bonds. The highest BCUT2D eigenvalue weighted by molar-refractivity contribution is 6.42. The molecule has 2 aromatic rings. The van der Waals surface area contributed by atoms with Crippen LogP contribution in [0.1, 0.15) is 34.6 Å². The van der Waals surface area contributed by atoms with E-state index in [4.69, 9.17) is 23.2 Å². The molecule has 0 saturated carbocycles. The highest BCUT2D eigenvalue weighted by atomic mass is 35.5. The number of halogens is 8. The Hall–Kier alpha value is -2.66. The maximum Gasteiger partial charge on any atom is 0.416 e. The molecule has 2 atom stereocenters. The van der Waals surface area contributed by atoms with Crippen LogP contribution in [0.3, 0.4) is 0 Å². The summed E-state index contributed by atoms with van der Waals surface area (Å²) in [6.45, 7) is -0.544. The molecule has 2 unspecified atom stereocenters. The molecule has 1 saturated heterocycles. The first-order chi connectivity index (χ1) is 16.6. The number of piperidine rings is 1. The summed E-state index contributed by atoms with van der Waals surface area (Å²) < 4.78 is 79.2. The number of hydrogen-bond acceptors (Lipinski definition) is 2. The summed E-state index contributed by atoms with van der Waals surface area (Å²) in [5.74, 6) is -2.01. The molecule has 0 bridgehead atoms. The van der Waals surface area contributed by atoms with Gasteiger partial charge in [0.05, 0.1) is 21.2 Å². The first-order valence-corrected chi connectivity index (χ1v) is 11.3. The number of hydrogen-bond donors (Lipinski definition) is 1. The van der Waals surface area contributed by atoms with Gasteiger partial charge in [-0.3, -0.25) is 4.79 Å². The van der Waals surface area contributed by atoms with E-state index in [1.807, 2.05) is 0 Å². The third-order valence-corrected chi connectivity index (χ3v) is 6.75. The molecule has 5 nitrogen and oxygen atoms in total. The van der Waals surface area contributed by atoms with Gasteiger partial charge in [0, 0.05) is 38.5 Å². The molecule has 1 aliphatic rings. The van der Waals surface area contributed by atoms with Gasteiger partial charge in [0.1, 0.15) is 0 Å². The molecular weight excluding hydrogens is 537 g/mol. The number of carboxylic acid groups (broad SMARTS) is 1. The molecule has 36 heavy (non-hydrogen) atoms. The van der Waals surface area contributed by atoms with Crippen molar-refractivity contribution in [2.24, 2.45) is 5.92 Å². The zero-order valence-electron chi connectivity index (χ0n) is 18.6. The van der Waals surface area contributed by atoms with E-state index >= 15 is 0 Å². The molecule has 1 aliphatic heterocycles. The number of carbonyl (C=O) groups is 2. The molecule has 196 valence electrons. The number of alkyl halides is 6. The Labute approximate surface area is 212 Å². The van der Waals surface area contributed by atoms with Crippen LogP contribution in [0.2, 0.25) is 10.0 Å². The van der Waals surface area contributed by atoms with Crippen molar-refractivity contribution in [3.05, 3.63) is 68.7 Å².